The maximum Gasteiger partial charge on any atom is 0.230 e. The molecule has 0 atom stereocenters. The van der Waals surface area contributed by atoms with Crippen LogP contribution in [0.15, 0.2) is 48.7 Å². The molecule has 8 heteroatoms. The van der Waals surface area contributed by atoms with E-state index in [-0.39, 0.29) is 5.91 Å². The number of carbonyl (C=O) groups excluding carboxylic acids is 1. The summed E-state index contributed by atoms with van der Waals surface area (Å²) in [5.74, 6) is 1.46. The van der Waals surface area contributed by atoms with Gasteiger partial charge in [0.05, 0.1) is 6.42 Å². The lowest BCUT2D eigenvalue weighted by molar-refractivity contribution is -0.115. The van der Waals surface area contributed by atoms with Gasteiger partial charge < -0.3 is 10.2 Å². The lowest BCUT2D eigenvalue weighted by Gasteiger charge is -2.32. The first-order chi connectivity index (χ1) is 13.8. The number of hydrogen-bond acceptors (Lipinski definition) is 7. The molecule has 1 N–H and O–H groups in total. The van der Waals surface area contributed by atoms with E-state index in [1.807, 2.05) is 42.5 Å². The molecule has 144 valence electrons. The largest absolute Gasteiger partial charge is 0.355 e. The molecular formula is C20H22N6OS. The van der Waals surface area contributed by atoms with Crippen molar-refractivity contribution in [3.63, 3.8) is 0 Å². The first-order valence-corrected chi connectivity index (χ1v) is 10.3. The van der Waals surface area contributed by atoms with E-state index in [1.54, 1.807) is 6.20 Å². The molecule has 3 heterocycles. The molecular weight excluding hydrogens is 372 g/mol. The Morgan fingerprint density at radius 1 is 1.07 bits per heavy atom. The summed E-state index contributed by atoms with van der Waals surface area (Å²) in [5, 5.41) is 21.0. The number of aromatic nitrogens is 4. The number of nitrogens with zero attached hydrogens (tertiary/aromatic N) is 5. The Hall–Kier alpha value is -2.87. The number of rotatable bonds is 6. The Labute approximate surface area is 167 Å². The Morgan fingerprint density at radius 2 is 1.89 bits per heavy atom. The maximum absolute atomic E-state index is 12.2. The van der Waals surface area contributed by atoms with Gasteiger partial charge in [-0.3, -0.25) is 4.79 Å². The standard InChI is InChI=1S/C20H22N6OS/c27-18(13-15-5-2-1-3-6-15)22-20-25-24-19(28-20)14-16-8-11-26(12-9-16)17-7-4-10-21-23-17/h1-7,10,16H,8-9,11-14H2,(H,22,25,27). The van der Waals surface area contributed by atoms with Gasteiger partial charge in [0.15, 0.2) is 5.82 Å². The van der Waals surface area contributed by atoms with Gasteiger partial charge in [0.25, 0.3) is 0 Å². The van der Waals surface area contributed by atoms with Crippen molar-refractivity contribution in [1.82, 2.24) is 20.4 Å². The average Bonchev–Trinajstić information content (AvgIpc) is 3.16. The third kappa shape index (κ3) is 4.89. The Bertz CT molecular complexity index is 893. The van der Waals surface area contributed by atoms with Crippen LogP contribution in [0.4, 0.5) is 10.9 Å². The second-order valence-electron chi connectivity index (χ2n) is 6.93. The summed E-state index contributed by atoms with van der Waals surface area (Å²) in [5.41, 5.74) is 0.986. The summed E-state index contributed by atoms with van der Waals surface area (Å²) >= 11 is 1.47. The van der Waals surface area contributed by atoms with Crippen molar-refractivity contribution >= 4 is 28.2 Å². The van der Waals surface area contributed by atoms with E-state index >= 15 is 0 Å². The van der Waals surface area contributed by atoms with Crippen molar-refractivity contribution in [1.29, 1.82) is 0 Å². The minimum Gasteiger partial charge on any atom is -0.355 e. The normalized spacial score (nSPS) is 14.8. The number of benzene rings is 1. The highest BCUT2D eigenvalue weighted by atomic mass is 32.1. The zero-order valence-corrected chi connectivity index (χ0v) is 16.3. The number of nitrogens with one attached hydrogen (secondary N) is 1. The Kier molecular flexibility index (Phi) is 5.86. The molecule has 2 aromatic heterocycles. The van der Waals surface area contributed by atoms with Crippen LogP contribution in [0.5, 0.6) is 0 Å². The lowest BCUT2D eigenvalue weighted by Crippen LogP contribution is -2.34. The number of anilines is 2. The topological polar surface area (TPSA) is 83.9 Å². The minimum atomic E-state index is -0.0637. The summed E-state index contributed by atoms with van der Waals surface area (Å²) in [6.07, 6.45) is 5.12. The van der Waals surface area contributed by atoms with Crippen LogP contribution in [-0.4, -0.2) is 39.4 Å². The summed E-state index contributed by atoms with van der Waals surface area (Å²) in [6, 6.07) is 13.6. The summed E-state index contributed by atoms with van der Waals surface area (Å²) < 4.78 is 0. The van der Waals surface area contributed by atoms with Gasteiger partial charge in [-0.25, -0.2) is 0 Å². The van der Waals surface area contributed by atoms with E-state index in [0.29, 0.717) is 17.5 Å². The van der Waals surface area contributed by atoms with Crippen molar-refractivity contribution in [2.45, 2.75) is 25.7 Å². The quantitative estimate of drug-likeness (QED) is 0.692. The second-order valence-corrected chi connectivity index (χ2v) is 7.99. The third-order valence-electron chi connectivity index (χ3n) is 4.88. The van der Waals surface area contributed by atoms with E-state index < -0.39 is 0 Å². The molecule has 1 saturated heterocycles. The molecule has 1 aliphatic heterocycles. The fourth-order valence-corrected chi connectivity index (χ4v) is 4.28. The summed E-state index contributed by atoms with van der Waals surface area (Å²) in [4.78, 5) is 14.4. The minimum absolute atomic E-state index is 0.0637. The monoisotopic (exact) mass is 394 g/mol. The summed E-state index contributed by atoms with van der Waals surface area (Å²) in [6.45, 7) is 1.95. The van der Waals surface area contributed by atoms with Crippen LogP contribution in [0.1, 0.15) is 23.4 Å². The van der Waals surface area contributed by atoms with Crippen LogP contribution >= 0.6 is 11.3 Å². The fraction of sp³-hybridized carbons (Fsp3) is 0.350. The molecule has 7 nitrogen and oxygen atoms in total. The number of piperidine rings is 1. The highest BCUT2D eigenvalue weighted by Gasteiger charge is 2.22. The second kappa shape index (κ2) is 8.88. The van der Waals surface area contributed by atoms with Crippen LogP contribution in [0.25, 0.3) is 0 Å². The third-order valence-corrected chi connectivity index (χ3v) is 5.74. The van der Waals surface area contributed by atoms with Crippen LogP contribution in [0.2, 0.25) is 0 Å². The van der Waals surface area contributed by atoms with Gasteiger partial charge in [0.1, 0.15) is 5.01 Å². The maximum atomic E-state index is 12.2. The molecule has 0 unspecified atom stereocenters. The number of hydrogen-bond donors (Lipinski definition) is 1. The van der Waals surface area contributed by atoms with Crippen molar-refractivity contribution in [3.05, 3.63) is 59.2 Å². The SMILES string of the molecule is O=C(Cc1ccccc1)Nc1nnc(CC2CCN(c3cccnn3)CC2)s1. The van der Waals surface area contributed by atoms with Gasteiger partial charge >= 0.3 is 0 Å². The molecule has 3 aromatic rings. The van der Waals surface area contributed by atoms with Crippen LogP contribution < -0.4 is 10.2 Å². The first-order valence-electron chi connectivity index (χ1n) is 9.45. The van der Waals surface area contributed by atoms with Crippen LogP contribution in [0.3, 0.4) is 0 Å². The molecule has 28 heavy (non-hydrogen) atoms. The van der Waals surface area contributed by atoms with Gasteiger partial charge in [-0.15, -0.1) is 15.3 Å². The molecule has 0 aliphatic carbocycles. The summed E-state index contributed by atoms with van der Waals surface area (Å²) in [7, 11) is 0. The smallest absolute Gasteiger partial charge is 0.230 e. The van der Waals surface area contributed by atoms with E-state index in [1.165, 1.54) is 11.3 Å². The Balaban J connectivity index is 1.25. The van der Waals surface area contributed by atoms with Gasteiger partial charge in [0, 0.05) is 25.7 Å². The molecule has 1 aromatic carbocycles. The van der Waals surface area contributed by atoms with Crippen LogP contribution in [0, 0.1) is 5.92 Å². The predicted molar refractivity (Wildman–Crippen MR) is 109 cm³/mol. The van der Waals surface area contributed by atoms with Crippen molar-refractivity contribution in [2.75, 3.05) is 23.3 Å². The van der Waals surface area contributed by atoms with Crippen molar-refractivity contribution in [3.8, 4) is 0 Å². The van der Waals surface area contributed by atoms with Gasteiger partial charge in [-0.2, -0.15) is 5.10 Å². The molecule has 4 rings (SSSR count). The zero-order valence-electron chi connectivity index (χ0n) is 15.5. The number of carbonyl (C=O) groups is 1. The highest BCUT2D eigenvalue weighted by Crippen LogP contribution is 2.26. The fourth-order valence-electron chi connectivity index (χ4n) is 3.41. The van der Waals surface area contributed by atoms with Gasteiger partial charge in [-0.1, -0.05) is 41.7 Å². The van der Waals surface area contributed by atoms with E-state index in [9.17, 15) is 4.79 Å². The number of amides is 1. The van der Waals surface area contributed by atoms with E-state index in [4.69, 9.17) is 0 Å². The van der Waals surface area contributed by atoms with Gasteiger partial charge in [0.2, 0.25) is 11.0 Å². The average molecular weight is 395 g/mol. The molecule has 1 amide bonds. The molecule has 1 fully saturated rings. The van der Waals surface area contributed by atoms with Crippen LogP contribution in [-0.2, 0) is 17.6 Å². The molecule has 0 spiro atoms. The first kappa shape index (κ1) is 18.5. The Morgan fingerprint density at radius 3 is 2.64 bits per heavy atom. The van der Waals surface area contributed by atoms with E-state index in [0.717, 1.165) is 48.7 Å². The predicted octanol–water partition coefficient (Wildman–Crippen LogP) is 2.97. The molecule has 0 bridgehead atoms. The molecule has 1 aliphatic rings. The molecule has 0 radical (unpaired) electrons. The zero-order chi connectivity index (χ0) is 19.2. The van der Waals surface area contributed by atoms with Crippen molar-refractivity contribution < 1.29 is 4.79 Å². The molecule has 0 saturated carbocycles. The lowest BCUT2D eigenvalue weighted by atomic mass is 9.94. The van der Waals surface area contributed by atoms with Gasteiger partial charge in [-0.05, 0) is 36.5 Å². The highest BCUT2D eigenvalue weighted by molar-refractivity contribution is 7.15. The van der Waals surface area contributed by atoms with E-state index in [2.05, 4.69) is 30.6 Å². The van der Waals surface area contributed by atoms with Crippen molar-refractivity contribution in [2.24, 2.45) is 5.92 Å².